The third-order valence-corrected chi connectivity index (χ3v) is 2.87. The van der Waals surface area contributed by atoms with E-state index in [1.54, 1.807) is 0 Å². The highest BCUT2D eigenvalue weighted by Crippen LogP contribution is 2.23. The number of amides is 1. The normalized spacial score (nSPS) is 9.47. The smallest absolute Gasteiger partial charge is 0.324 e. The molecule has 0 bridgehead atoms. The van der Waals surface area contributed by atoms with E-state index in [2.05, 4.69) is 10.6 Å². The predicted octanol–water partition coefficient (Wildman–Crippen LogP) is 1.42. The highest BCUT2D eigenvalue weighted by atomic mass is 35.5. The molecule has 6 nitrogen and oxygen atoms in total. The van der Waals surface area contributed by atoms with Crippen LogP contribution < -0.4 is 10.6 Å². The molecular formula is C9H14ClN3O3S. The van der Waals surface area contributed by atoms with Gasteiger partial charge in [0.05, 0.1) is 9.80 Å². The third kappa shape index (κ3) is 5.12. The second-order valence-corrected chi connectivity index (χ2v) is 4.07. The van der Waals surface area contributed by atoms with Crippen LogP contribution in [0.2, 0.25) is 0 Å². The molecule has 1 rings (SSSR count). The minimum absolute atomic E-state index is 0. The standard InChI is InChI=1S/C9H13N3O3S.ClH/c1-2-10-5-6-11-9(13)7-3-4-8(16-7)12(14)15;/h3-4,10H,2,5-6H2,1H3,(H,11,13);1H. The first kappa shape index (κ1) is 15.8. The number of nitrogens with one attached hydrogen (secondary N) is 2. The van der Waals surface area contributed by atoms with Crippen molar-refractivity contribution >= 4 is 34.7 Å². The highest BCUT2D eigenvalue weighted by molar-refractivity contribution is 7.17. The number of hydrogen-bond acceptors (Lipinski definition) is 5. The van der Waals surface area contributed by atoms with Gasteiger partial charge in [-0.25, -0.2) is 0 Å². The lowest BCUT2D eigenvalue weighted by molar-refractivity contribution is -0.380. The third-order valence-electron chi connectivity index (χ3n) is 1.83. The molecule has 0 aromatic carbocycles. The maximum absolute atomic E-state index is 11.5. The van der Waals surface area contributed by atoms with Crippen molar-refractivity contribution in [1.82, 2.24) is 10.6 Å². The molecule has 96 valence electrons. The van der Waals surface area contributed by atoms with E-state index < -0.39 is 4.92 Å². The van der Waals surface area contributed by atoms with Gasteiger partial charge in [0.25, 0.3) is 5.91 Å². The molecule has 0 fully saturated rings. The Morgan fingerprint density at radius 2 is 2.18 bits per heavy atom. The number of carbonyl (C=O) groups excluding carboxylic acids is 1. The van der Waals surface area contributed by atoms with E-state index >= 15 is 0 Å². The van der Waals surface area contributed by atoms with E-state index in [9.17, 15) is 14.9 Å². The molecule has 0 aliphatic rings. The van der Waals surface area contributed by atoms with Crippen LogP contribution >= 0.6 is 23.7 Å². The van der Waals surface area contributed by atoms with Crippen molar-refractivity contribution < 1.29 is 9.72 Å². The fourth-order valence-corrected chi connectivity index (χ4v) is 1.81. The quantitative estimate of drug-likeness (QED) is 0.468. The zero-order valence-corrected chi connectivity index (χ0v) is 10.9. The van der Waals surface area contributed by atoms with Gasteiger partial charge in [-0.15, -0.1) is 12.4 Å². The molecule has 1 heterocycles. The van der Waals surface area contributed by atoms with Gasteiger partial charge in [0, 0.05) is 19.2 Å². The second kappa shape index (κ2) is 7.99. The van der Waals surface area contributed by atoms with E-state index in [4.69, 9.17) is 0 Å². The van der Waals surface area contributed by atoms with Crippen LogP contribution in [-0.4, -0.2) is 30.5 Å². The zero-order valence-electron chi connectivity index (χ0n) is 9.26. The van der Waals surface area contributed by atoms with Gasteiger partial charge in [0.1, 0.15) is 0 Å². The lowest BCUT2D eigenvalue weighted by atomic mass is 10.4. The summed E-state index contributed by atoms with van der Waals surface area (Å²) in [5, 5.41) is 16.1. The fraction of sp³-hybridized carbons (Fsp3) is 0.444. The molecule has 0 aliphatic heterocycles. The number of likely N-dealkylation sites (N-methyl/N-ethyl adjacent to an activating group) is 1. The molecule has 1 aromatic heterocycles. The molecule has 0 spiro atoms. The van der Waals surface area contributed by atoms with Crippen LogP contribution in [-0.2, 0) is 0 Å². The van der Waals surface area contributed by atoms with Gasteiger partial charge in [-0.1, -0.05) is 18.3 Å². The summed E-state index contributed by atoms with van der Waals surface area (Å²) in [5.41, 5.74) is 0. The van der Waals surface area contributed by atoms with Crippen LogP contribution in [0.25, 0.3) is 0 Å². The Hall–Kier alpha value is -1.18. The number of nitrogens with zero attached hydrogens (tertiary/aromatic N) is 1. The summed E-state index contributed by atoms with van der Waals surface area (Å²) in [4.78, 5) is 21.8. The molecule has 1 aromatic rings. The van der Waals surface area contributed by atoms with E-state index in [1.807, 2.05) is 6.92 Å². The van der Waals surface area contributed by atoms with Crippen LogP contribution in [0.4, 0.5) is 5.00 Å². The van der Waals surface area contributed by atoms with E-state index in [0.29, 0.717) is 18.0 Å². The fourth-order valence-electron chi connectivity index (χ4n) is 1.08. The van der Waals surface area contributed by atoms with E-state index in [-0.39, 0.29) is 23.3 Å². The van der Waals surface area contributed by atoms with Gasteiger partial charge in [-0.3, -0.25) is 14.9 Å². The number of thiophene rings is 1. The summed E-state index contributed by atoms with van der Waals surface area (Å²) in [5.74, 6) is -0.268. The van der Waals surface area contributed by atoms with Crippen LogP contribution in [0.3, 0.4) is 0 Å². The Kier molecular flexibility index (Phi) is 7.44. The average molecular weight is 280 g/mol. The SMILES string of the molecule is CCNCCNC(=O)c1ccc([N+](=O)[O-])s1.Cl. The number of rotatable bonds is 6. The molecule has 8 heteroatoms. The van der Waals surface area contributed by atoms with Crippen LogP contribution in [0.5, 0.6) is 0 Å². The molecule has 0 radical (unpaired) electrons. The van der Waals surface area contributed by atoms with Gasteiger partial charge in [0.2, 0.25) is 0 Å². The Labute approximate surface area is 109 Å². The molecule has 17 heavy (non-hydrogen) atoms. The Morgan fingerprint density at radius 3 is 2.71 bits per heavy atom. The Morgan fingerprint density at radius 1 is 1.47 bits per heavy atom. The molecule has 0 atom stereocenters. The average Bonchev–Trinajstić information content (AvgIpc) is 2.73. The number of nitro groups is 1. The number of carbonyl (C=O) groups is 1. The molecular weight excluding hydrogens is 266 g/mol. The van der Waals surface area contributed by atoms with Gasteiger partial charge < -0.3 is 10.6 Å². The second-order valence-electron chi connectivity index (χ2n) is 3.00. The van der Waals surface area contributed by atoms with E-state index in [1.165, 1.54) is 12.1 Å². The van der Waals surface area contributed by atoms with Crippen molar-refractivity contribution in [2.45, 2.75) is 6.92 Å². The first-order valence-electron chi connectivity index (χ1n) is 4.88. The molecule has 0 aliphatic carbocycles. The van der Waals surface area contributed by atoms with E-state index in [0.717, 1.165) is 17.9 Å². The van der Waals surface area contributed by atoms with Gasteiger partial charge >= 0.3 is 5.00 Å². The van der Waals surface area contributed by atoms with Crippen LogP contribution in [0, 0.1) is 10.1 Å². The maximum atomic E-state index is 11.5. The lowest BCUT2D eigenvalue weighted by Gasteiger charge is -2.02. The summed E-state index contributed by atoms with van der Waals surface area (Å²) >= 11 is 0.881. The molecule has 0 saturated carbocycles. The number of halogens is 1. The Balaban J connectivity index is 0.00000256. The van der Waals surface area contributed by atoms with Crippen molar-refractivity contribution in [1.29, 1.82) is 0 Å². The predicted molar refractivity (Wildman–Crippen MR) is 69.1 cm³/mol. The van der Waals surface area contributed by atoms with Gasteiger partial charge in [-0.2, -0.15) is 0 Å². The lowest BCUT2D eigenvalue weighted by Crippen LogP contribution is -2.31. The van der Waals surface area contributed by atoms with Gasteiger partial charge in [-0.05, 0) is 12.6 Å². The van der Waals surface area contributed by atoms with Crippen molar-refractivity contribution in [3.63, 3.8) is 0 Å². The minimum atomic E-state index is -0.500. The summed E-state index contributed by atoms with van der Waals surface area (Å²) in [6.07, 6.45) is 0. The van der Waals surface area contributed by atoms with Gasteiger partial charge in [0.15, 0.2) is 0 Å². The van der Waals surface area contributed by atoms with Crippen molar-refractivity contribution in [3.05, 3.63) is 27.1 Å². The Bertz CT molecular complexity index is 383. The van der Waals surface area contributed by atoms with Crippen LogP contribution in [0.15, 0.2) is 12.1 Å². The largest absolute Gasteiger partial charge is 0.350 e. The van der Waals surface area contributed by atoms with Crippen molar-refractivity contribution in [2.75, 3.05) is 19.6 Å². The summed E-state index contributed by atoms with van der Waals surface area (Å²) < 4.78 is 0. The van der Waals surface area contributed by atoms with Crippen LogP contribution in [0.1, 0.15) is 16.6 Å². The zero-order chi connectivity index (χ0) is 12.0. The van der Waals surface area contributed by atoms with Crippen molar-refractivity contribution in [2.24, 2.45) is 0 Å². The molecule has 2 N–H and O–H groups in total. The molecule has 0 saturated heterocycles. The topological polar surface area (TPSA) is 84.3 Å². The maximum Gasteiger partial charge on any atom is 0.324 e. The number of hydrogen-bond donors (Lipinski definition) is 2. The summed E-state index contributed by atoms with van der Waals surface area (Å²) in [7, 11) is 0. The first-order valence-corrected chi connectivity index (χ1v) is 5.70. The summed E-state index contributed by atoms with van der Waals surface area (Å²) in [6, 6.07) is 2.80. The molecule has 1 amide bonds. The van der Waals surface area contributed by atoms with Crippen molar-refractivity contribution in [3.8, 4) is 0 Å². The molecule has 0 unspecified atom stereocenters. The minimum Gasteiger partial charge on any atom is -0.350 e. The first-order chi connectivity index (χ1) is 7.65. The summed E-state index contributed by atoms with van der Waals surface area (Å²) in [6.45, 7) is 4.03. The monoisotopic (exact) mass is 279 g/mol. The highest BCUT2D eigenvalue weighted by Gasteiger charge is 2.14.